The molecule has 0 atom stereocenters. The third kappa shape index (κ3) is 0.842. The molecule has 0 aliphatic heterocycles. The van der Waals surface area contributed by atoms with E-state index in [0.717, 1.165) is 10.6 Å². The minimum absolute atomic E-state index is 0.884. The van der Waals surface area contributed by atoms with Gasteiger partial charge in [0, 0.05) is 4.88 Å². The second kappa shape index (κ2) is 2.18. The van der Waals surface area contributed by atoms with Crippen LogP contribution in [0.25, 0.3) is 0 Å². The van der Waals surface area contributed by atoms with Crippen LogP contribution in [0, 0.1) is 6.92 Å². The van der Waals surface area contributed by atoms with Gasteiger partial charge in [-0.25, -0.2) is 0 Å². The molecule has 1 aromatic heterocycles. The molecule has 8 heavy (non-hydrogen) atoms. The molecular weight excluding hydrogens is 120 g/mol. The summed E-state index contributed by atoms with van der Waals surface area (Å²) in [5.74, 6) is 0.884. The van der Waals surface area contributed by atoms with Gasteiger partial charge in [-0.05, 0) is 18.4 Å². The van der Waals surface area contributed by atoms with Crippen molar-refractivity contribution in [3.8, 4) is 5.75 Å². The molecule has 1 nitrogen and oxygen atoms in total. The van der Waals surface area contributed by atoms with Crippen molar-refractivity contribution in [2.75, 3.05) is 7.11 Å². The molecule has 1 heterocycles. The molecule has 2 heteroatoms. The van der Waals surface area contributed by atoms with Gasteiger partial charge in [0.1, 0.15) is 5.75 Å². The molecule has 0 aromatic carbocycles. The highest BCUT2D eigenvalue weighted by molar-refractivity contribution is 7.10. The Balaban J connectivity index is 2.92. The number of ether oxygens (including phenoxy) is 1. The van der Waals surface area contributed by atoms with Crippen molar-refractivity contribution in [3.63, 3.8) is 0 Å². The maximum atomic E-state index is 4.93. The van der Waals surface area contributed by atoms with Crippen molar-refractivity contribution in [2.24, 2.45) is 0 Å². The topological polar surface area (TPSA) is 9.23 Å². The van der Waals surface area contributed by atoms with Gasteiger partial charge in [0.25, 0.3) is 0 Å². The Morgan fingerprint density at radius 1 is 1.75 bits per heavy atom. The van der Waals surface area contributed by atoms with Gasteiger partial charge >= 0.3 is 0 Å². The first kappa shape index (κ1) is 5.63. The van der Waals surface area contributed by atoms with E-state index in [0.29, 0.717) is 0 Å². The molecule has 1 aromatic rings. The standard InChI is InChI=1S/C6H7OS/c1-5-6(7-2)3-4-8-5/h3-4H,1H2,2H3. The van der Waals surface area contributed by atoms with Gasteiger partial charge in [0.15, 0.2) is 0 Å². The van der Waals surface area contributed by atoms with E-state index in [9.17, 15) is 0 Å². The predicted octanol–water partition coefficient (Wildman–Crippen LogP) is 1.94. The first-order valence-electron chi connectivity index (χ1n) is 2.28. The maximum absolute atomic E-state index is 4.93. The molecular formula is C6H7OS. The van der Waals surface area contributed by atoms with Gasteiger partial charge in [-0.1, -0.05) is 0 Å². The second-order valence-corrected chi connectivity index (χ2v) is 2.41. The molecule has 1 radical (unpaired) electrons. The lowest BCUT2D eigenvalue weighted by Gasteiger charge is -1.92. The summed E-state index contributed by atoms with van der Waals surface area (Å²) in [4.78, 5) is 0.993. The van der Waals surface area contributed by atoms with E-state index in [-0.39, 0.29) is 0 Å². The summed E-state index contributed by atoms with van der Waals surface area (Å²) in [5.41, 5.74) is 0. The average molecular weight is 127 g/mol. The van der Waals surface area contributed by atoms with Crippen LogP contribution in [-0.2, 0) is 0 Å². The van der Waals surface area contributed by atoms with Crippen molar-refractivity contribution in [2.45, 2.75) is 0 Å². The number of methoxy groups -OCH3 is 1. The molecule has 0 bridgehead atoms. The van der Waals surface area contributed by atoms with Crippen LogP contribution in [-0.4, -0.2) is 7.11 Å². The van der Waals surface area contributed by atoms with E-state index in [1.54, 1.807) is 18.4 Å². The summed E-state index contributed by atoms with van der Waals surface area (Å²) in [5, 5.41) is 1.96. The van der Waals surface area contributed by atoms with E-state index < -0.39 is 0 Å². The fraction of sp³-hybridized carbons (Fsp3) is 0.167. The second-order valence-electron chi connectivity index (χ2n) is 1.41. The maximum Gasteiger partial charge on any atom is 0.132 e. The molecule has 0 unspecified atom stereocenters. The molecule has 0 aliphatic carbocycles. The Labute approximate surface area is 52.9 Å². The third-order valence-electron chi connectivity index (χ3n) is 0.924. The normalized spacial score (nSPS) is 9.25. The lowest BCUT2D eigenvalue weighted by Crippen LogP contribution is -1.78. The first-order chi connectivity index (χ1) is 3.84. The zero-order chi connectivity index (χ0) is 5.98. The van der Waals surface area contributed by atoms with Gasteiger partial charge in [-0.15, -0.1) is 11.3 Å². The van der Waals surface area contributed by atoms with Crippen LogP contribution in [0.4, 0.5) is 0 Å². The van der Waals surface area contributed by atoms with E-state index >= 15 is 0 Å². The fourth-order valence-corrected chi connectivity index (χ4v) is 1.13. The number of hydrogen-bond acceptors (Lipinski definition) is 2. The van der Waals surface area contributed by atoms with Crippen LogP contribution in [0.5, 0.6) is 5.75 Å². The minimum Gasteiger partial charge on any atom is -0.496 e. The van der Waals surface area contributed by atoms with Crippen molar-refractivity contribution < 1.29 is 4.74 Å². The van der Waals surface area contributed by atoms with Crippen LogP contribution < -0.4 is 4.74 Å². The molecule has 0 spiro atoms. The number of rotatable bonds is 1. The van der Waals surface area contributed by atoms with E-state index in [1.807, 2.05) is 11.4 Å². The van der Waals surface area contributed by atoms with Crippen molar-refractivity contribution >= 4 is 11.3 Å². The Hall–Kier alpha value is -0.500. The van der Waals surface area contributed by atoms with Crippen molar-refractivity contribution in [1.82, 2.24) is 0 Å². The Bertz CT molecular complexity index is 169. The lowest BCUT2D eigenvalue weighted by atomic mass is 10.5. The highest BCUT2D eigenvalue weighted by Crippen LogP contribution is 2.21. The highest BCUT2D eigenvalue weighted by atomic mass is 32.1. The zero-order valence-corrected chi connectivity index (χ0v) is 5.49. The average Bonchev–Trinajstić information content (AvgIpc) is 2.14. The van der Waals surface area contributed by atoms with Crippen molar-refractivity contribution in [1.29, 1.82) is 0 Å². The first-order valence-corrected chi connectivity index (χ1v) is 3.16. The monoisotopic (exact) mass is 127 g/mol. The van der Waals surface area contributed by atoms with Crippen LogP contribution in [0.2, 0.25) is 0 Å². The largest absolute Gasteiger partial charge is 0.496 e. The fourth-order valence-electron chi connectivity index (χ4n) is 0.511. The zero-order valence-electron chi connectivity index (χ0n) is 4.68. The van der Waals surface area contributed by atoms with Crippen LogP contribution in [0.3, 0.4) is 0 Å². The van der Waals surface area contributed by atoms with E-state index in [1.165, 1.54) is 0 Å². The number of thiophene rings is 1. The van der Waals surface area contributed by atoms with E-state index in [4.69, 9.17) is 4.74 Å². The Morgan fingerprint density at radius 3 is 2.75 bits per heavy atom. The van der Waals surface area contributed by atoms with Crippen LogP contribution in [0.15, 0.2) is 11.4 Å². The van der Waals surface area contributed by atoms with Gasteiger partial charge in [-0.3, -0.25) is 0 Å². The van der Waals surface area contributed by atoms with Crippen LogP contribution in [0.1, 0.15) is 4.88 Å². The minimum atomic E-state index is 0.884. The summed E-state index contributed by atoms with van der Waals surface area (Å²) >= 11 is 1.59. The molecule has 0 fully saturated rings. The SMILES string of the molecule is [CH2]c1sccc1OC. The van der Waals surface area contributed by atoms with Crippen LogP contribution >= 0.6 is 11.3 Å². The van der Waals surface area contributed by atoms with Gasteiger partial charge in [0.2, 0.25) is 0 Å². The molecule has 43 valence electrons. The van der Waals surface area contributed by atoms with Gasteiger partial charge in [0.05, 0.1) is 7.11 Å². The lowest BCUT2D eigenvalue weighted by molar-refractivity contribution is 0.415. The molecule has 0 N–H and O–H groups in total. The summed E-state index contributed by atoms with van der Waals surface area (Å²) in [6, 6.07) is 1.91. The highest BCUT2D eigenvalue weighted by Gasteiger charge is 1.94. The summed E-state index contributed by atoms with van der Waals surface area (Å²) in [6.07, 6.45) is 0. The Morgan fingerprint density at radius 2 is 2.50 bits per heavy atom. The van der Waals surface area contributed by atoms with Gasteiger partial charge < -0.3 is 4.74 Å². The predicted molar refractivity (Wildman–Crippen MR) is 35.3 cm³/mol. The molecule has 0 aliphatic rings. The van der Waals surface area contributed by atoms with Crippen molar-refractivity contribution in [3.05, 3.63) is 23.2 Å². The third-order valence-corrected chi connectivity index (χ3v) is 1.68. The smallest absolute Gasteiger partial charge is 0.132 e. The summed E-state index contributed by atoms with van der Waals surface area (Å²) in [6.45, 7) is 3.74. The Kier molecular flexibility index (Phi) is 1.53. The molecule has 0 saturated heterocycles. The summed E-state index contributed by atoms with van der Waals surface area (Å²) in [7, 11) is 1.65. The molecule has 1 rings (SSSR count). The molecule has 0 amide bonds. The quantitative estimate of drug-likeness (QED) is 0.560. The van der Waals surface area contributed by atoms with Gasteiger partial charge in [-0.2, -0.15) is 0 Å². The van der Waals surface area contributed by atoms with E-state index in [2.05, 4.69) is 6.92 Å². The number of hydrogen-bond donors (Lipinski definition) is 0. The summed E-state index contributed by atoms with van der Waals surface area (Å²) < 4.78 is 4.93. The molecule has 0 saturated carbocycles.